The molecule has 0 saturated carbocycles. The predicted molar refractivity (Wildman–Crippen MR) is 74.4 cm³/mol. The lowest BCUT2D eigenvalue weighted by molar-refractivity contribution is 0.325. The highest BCUT2D eigenvalue weighted by Gasteiger charge is 2.23. The first-order chi connectivity index (χ1) is 8.50. The number of aryl methyl sites for hydroxylation is 1. The van der Waals surface area contributed by atoms with E-state index in [2.05, 4.69) is 34.1 Å². The van der Waals surface area contributed by atoms with Crippen molar-refractivity contribution >= 4 is 11.8 Å². The fourth-order valence-corrected chi connectivity index (χ4v) is 2.43. The normalized spacial score (nSPS) is 19.4. The molecular weight excluding hydrogens is 226 g/mol. The van der Waals surface area contributed by atoms with Crippen molar-refractivity contribution in [3.63, 3.8) is 0 Å². The maximum atomic E-state index is 5.40. The average Bonchev–Trinajstić information content (AvgIpc) is 2.49. The van der Waals surface area contributed by atoms with E-state index < -0.39 is 0 Å². The molecule has 1 aliphatic rings. The highest BCUT2D eigenvalue weighted by molar-refractivity contribution is 5.44. The number of nitrogens with one attached hydrogen (secondary N) is 1. The minimum Gasteiger partial charge on any atom is -0.356 e. The van der Waals surface area contributed by atoms with Gasteiger partial charge in [0.2, 0.25) is 5.95 Å². The minimum absolute atomic E-state index is 0.436. The molecule has 0 amide bonds. The Morgan fingerprint density at radius 3 is 2.78 bits per heavy atom. The summed E-state index contributed by atoms with van der Waals surface area (Å²) in [7, 11) is 0. The summed E-state index contributed by atoms with van der Waals surface area (Å²) >= 11 is 0. The van der Waals surface area contributed by atoms with Gasteiger partial charge in [-0.3, -0.25) is 5.43 Å². The van der Waals surface area contributed by atoms with Gasteiger partial charge in [0.1, 0.15) is 5.82 Å². The van der Waals surface area contributed by atoms with Crippen LogP contribution in [0.2, 0.25) is 0 Å². The molecule has 18 heavy (non-hydrogen) atoms. The topological polar surface area (TPSA) is 67.1 Å². The number of hydrogen-bond donors (Lipinski definition) is 2. The zero-order valence-electron chi connectivity index (χ0n) is 11.5. The van der Waals surface area contributed by atoms with Gasteiger partial charge in [0.15, 0.2) is 0 Å². The minimum atomic E-state index is 0.436. The van der Waals surface area contributed by atoms with Crippen LogP contribution in [0.4, 0.5) is 11.8 Å². The Balaban J connectivity index is 2.18. The molecule has 5 heteroatoms. The van der Waals surface area contributed by atoms with Gasteiger partial charge in [-0.25, -0.2) is 10.8 Å². The molecule has 1 saturated heterocycles. The number of anilines is 2. The van der Waals surface area contributed by atoms with E-state index in [0.717, 1.165) is 24.6 Å². The summed E-state index contributed by atoms with van der Waals surface area (Å²) in [6.07, 6.45) is 3.68. The summed E-state index contributed by atoms with van der Waals surface area (Å²) in [4.78, 5) is 11.0. The van der Waals surface area contributed by atoms with Crippen molar-refractivity contribution in [2.24, 2.45) is 11.3 Å². The number of rotatable bonds is 2. The molecule has 1 aromatic heterocycles. The quantitative estimate of drug-likeness (QED) is 0.620. The molecule has 0 bridgehead atoms. The van der Waals surface area contributed by atoms with Gasteiger partial charge in [-0.15, -0.1) is 0 Å². The monoisotopic (exact) mass is 249 g/mol. The second-order valence-corrected chi connectivity index (χ2v) is 5.84. The van der Waals surface area contributed by atoms with E-state index in [9.17, 15) is 0 Å². The van der Waals surface area contributed by atoms with E-state index in [1.54, 1.807) is 0 Å². The van der Waals surface area contributed by atoms with E-state index in [4.69, 9.17) is 5.84 Å². The molecule has 0 aromatic carbocycles. The third-order valence-electron chi connectivity index (χ3n) is 3.63. The number of nitrogens with zero attached hydrogens (tertiary/aromatic N) is 3. The van der Waals surface area contributed by atoms with Crippen molar-refractivity contribution in [2.45, 2.75) is 40.0 Å². The molecule has 2 heterocycles. The Kier molecular flexibility index (Phi) is 3.71. The van der Waals surface area contributed by atoms with Gasteiger partial charge in [0, 0.05) is 24.8 Å². The second kappa shape index (κ2) is 5.10. The maximum absolute atomic E-state index is 5.40. The first-order valence-corrected chi connectivity index (χ1v) is 6.57. The summed E-state index contributed by atoms with van der Waals surface area (Å²) in [5.41, 5.74) is 3.91. The first-order valence-electron chi connectivity index (χ1n) is 6.57. The summed E-state index contributed by atoms with van der Waals surface area (Å²) in [6, 6.07) is 2.03. The molecule has 0 spiro atoms. The largest absolute Gasteiger partial charge is 0.356 e. The Labute approximate surface area is 109 Å². The molecule has 3 N–H and O–H groups in total. The lowest BCUT2D eigenvalue weighted by Crippen LogP contribution is -2.26. The third-order valence-corrected chi connectivity index (χ3v) is 3.63. The number of nitrogens with two attached hydrogens (primary N) is 1. The predicted octanol–water partition coefficient (Wildman–Crippen LogP) is 2.09. The summed E-state index contributed by atoms with van der Waals surface area (Å²) in [5, 5.41) is 0. The highest BCUT2D eigenvalue weighted by atomic mass is 15.3. The number of nitrogen functional groups attached to an aromatic ring is 1. The molecule has 100 valence electrons. The Bertz CT molecular complexity index is 416. The van der Waals surface area contributed by atoms with Crippen LogP contribution in [-0.2, 0) is 0 Å². The second-order valence-electron chi connectivity index (χ2n) is 5.84. The van der Waals surface area contributed by atoms with Crippen molar-refractivity contribution < 1.29 is 0 Å². The van der Waals surface area contributed by atoms with Gasteiger partial charge in [0.25, 0.3) is 0 Å². The molecular formula is C13H23N5. The van der Waals surface area contributed by atoms with E-state index in [1.807, 2.05) is 13.0 Å². The molecule has 0 unspecified atom stereocenters. The maximum Gasteiger partial charge on any atom is 0.239 e. The van der Waals surface area contributed by atoms with Crippen molar-refractivity contribution in [3.05, 3.63) is 11.8 Å². The SMILES string of the molecule is Cc1cc(N2CCCC(C)(C)CC2)nc(NN)n1. The standard InChI is InChI=1S/C13H23N5/c1-10-9-11(16-12(15-10)17-14)18-7-4-5-13(2,3)6-8-18/h9H,4-8,14H2,1-3H3,(H,15,16,17). The third kappa shape index (κ3) is 3.10. The number of aromatic nitrogens is 2. The fourth-order valence-electron chi connectivity index (χ4n) is 2.43. The van der Waals surface area contributed by atoms with Gasteiger partial charge in [-0.05, 0) is 31.6 Å². The number of hydrazine groups is 1. The van der Waals surface area contributed by atoms with Gasteiger partial charge in [-0.1, -0.05) is 13.8 Å². The van der Waals surface area contributed by atoms with Gasteiger partial charge >= 0.3 is 0 Å². The van der Waals surface area contributed by atoms with Crippen LogP contribution >= 0.6 is 0 Å². The van der Waals surface area contributed by atoms with Crippen LogP contribution in [0.15, 0.2) is 6.07 Å². The van der Waals surface area contributed by atoms with Gasteiger partial charge < -0.3 is 4.90 Å². The van der Waals surface area contributed by atoms with E-state index in [1.165, 1.54) is 19.3 Å². The van der Waals surface area contributed by atoms with Crippen molar-refractivity contribution in [1.82, 2.24) is 9.97 Å². The fraction of sp³-hybridized carbons (Fsp3) is 0.692. The summed E-state index contributed by atoms with van der Waals surface area (Å²) in [5.74, 6) is 6.87. The van der Waals surface area contributed by atoms with Crippen LogP contribution in [0.25, 0.3) is 0 Å². The van der Waals surface area contributed by atoms with E-state index in [0.29, 0.717) is 11.4 Å². The van der Waals surface area contributed by atoms with Crippen molar-refractivity contribution in [1.29, 1.82) is 0 Å². The lowest BCUT2D eigenvalue weighted by atomic mass is 9.85. The zero-order valence-corrected chi connectivity index (χ0v) is 11.5. The first kappa shape index (κ1) is 13.1. The highest BCUT2D eigenvalue weighted by Crippen LogP contribution is 2.31. The van der Waals surface area contributed by atoms with Crippen LogP contribution in [0.1, 0.15) is 38.8 Å². The van der Waals surface area contributed by atoms with E-state index >= 15 is 0 Å². The molecule has 5 nitrogen and oxygen atoms in total. The summed E-state index contributed by atoms with van der Waals surface area (Å²) in [6.45, 7) is 8.76. The summed E-state index contributed by atoms with van der Waals surface area (Å²) < 4.78 is 0. The molecule has 0 aliphatic carbocycles. The molecule has 2 rings (SSSR count). The smallest absolute Gasteiger partial charge is 0.239 e. The van der Waals surface area contributed by atoms with Gasteiger partial charge in [-0.2, -0.15) is 4.98 Å². The zero-order chi connectivity index (χ0) is 13.2. The average molecular weight is 249 g/mol. The lowest BCUT2D eigenvalue weighted by Gasteiger charge is -2.24. The Morgan fingerprint density at radius 1 is 1.28 bits per heavy atom. The van der Waals surface area contributed by atoms with Crippen molar-refractivity contribution in [2.75, 3.05) is 23.4 Å². The van der Waals surface area contributed by atoms with E-state index in [-0.39, 0.29) is 0 Å². The van der Waals surface area contributed by atoms with Crippen LogP contribution in [0, 0.1) is 12.3 Å². The Hall–Kier alpha value is -1.36. The van der Waals surface area contributed by atoms with Crippen molar-refractivity contribution in [3.8, 4) is 0 Å². The van der Waals surface area contributed by atoms with Crippen LogP contribution in [0.5, 0.6) is 0 Å². The number of hydrogen-bond acceptors (Lipinski definition) is 5. The molecule has 1 fully saturated rings. The molecule has 0 radical (unpaired) electrons. The molecule has 1 aromatic rings. The van der Waals surface area contributed by atoms with Crippen LogP contribution < -0.4 is 16.2 Å². The Morgan fingerprint density at radius 2 is 2.06 bits per heavy atom. The van der Waals surface area contributed by atoms with Crippen LogP contribution in [-0.4, -0.2) is 23.1 Å². The molecule has 0 atom stereocenters. The van der Waals surface area contributed by atoms with Gasteiger partial charge in [0.05, 0.1) is 0 Å². The molecule has 1 aliphatic heterocycles. The van der Waals surface area contributed by atoms with Crippen LogP contribution in [0.3, 0.4) is 0 Å².